The lowest BCUT2D eigenvalue weighted by molar-refractivity contribution is 0.0950. The summed E-state index contributed by atoms with van der Waals surface area (Å²) in [6.45, 7) is 2.21. The van der Waals surface area contributed by atoms with E-state index in [-0.39, 0.29) is 5.91 Å². The largest absolute Gasteiger partial charge is 0.346 e. The van der Waals surface area contributed by atoms with E-state index >= 15 is 0 Å². The number of aromatic nitrogens is 3. The first-order valence-electron chi connectivity index (χ1n) is 4.73. The first-order valence-corrected chi connectivity index (χ1v) is 5.50. The number of nitrogens with one attached hydrogen (secondary N) is 1. The van der Waals surface area contributed by atoms with Gasteiger partial charge in [0.05, 0.1) is 0 Å². The van der Waals surface area contributed by atoms with Crippen molar-refractivity contribution in [2.45, 2.75) is 13.5 Å². The molecule has 16 heavy (non-hydrogen) atoms. The summed E-state index contributed by atoms with van der Waals surface area (Å²) in [5.74, 6) is 0.422. The third-order valence-corrected chi connectivity index (χ3v) is 2.70. The average Bonchev–Trinajstić information content (AvgIpc) is 2.74. The van der Waals surface area contributed by atoms with E-state index in [2.05, 4.69) is 19.7 Å². The minimum Gasteiger partial charge on any atom is -0.346 e. The highest BCUT2D eigenvalue weighted by molar-refractivity contribution is 7.07. The van der Waals surface area contributed by atoms with Gasteiger partial charge in [0.25, 0.3) is 5.91 Å². The van der Waals surface area contributed by atoms with Crippen LogP contribution in [0.2, 0.25) is 0 Å². The second-order valence-electron chi connectivity index (χ2n) is 3.19. The van der Waals surface area contributed by atoms with Crippen LogP contribution in [0.15, 0.2) is 24.5 Å². The van der Waals surface area contributed by atoms with Crippen LogP contribution in [-0.2, 0) is 6.54 Å². The minimum atomic E-state index is -0.200. The summed E-state index contributed by atoms with van der Waals surface area (Å²) in [4.78, 5) is 19.6. The summed E-state index contributed by atoms with van der Waals surface area (Å²) in [7, 11) is 0. The van der Waals surface area contributed by atoms with Crippen molar-refractivity contribution in [1.29, 1.82) is 0 Å². The summed E-state index contributed by atoms with van der Waals surface area (Å²) < 4.78 is 3.95. The Labute approximate surface area is 96.7 Å². The molecule has 0 saturated carbocycles. The van der Waals surface area contributed by atoms with Crippen LogP contribution >= 0.6 is 11.5 Å². The van der Waals surface area contributed by atoms with Gasteiger partial charge in [0, 0.05) is 18.9 Å². The second-order valence-corrected chi connectivity index (χ2v) is 3.94. The highest BCUT2D eigenvalue weighted by Crippen LogP contribution is 2.03. The SMILES string of the molecule is Cc1nsc(C(=O)NCc2cccnc2)n1. The lowest BCUT2D eigenvalue weighted by Crippen LogP contribution is -2.22. The molecule has 0 spiro atoms. The van der Waals surface area contributed by atoms with Gasteiger partial charge in [-0.2, -0.15) is 4.37 Å². The van der Waals surface area contributed by atoms with E-state index in [0.717, 1.165) is 17.1 Å². The zero-order valence-corrected chi connectivity index (χ0v) is 9.49. The molecule has 82 valence electrons. The van der Waals surface area contributed by atoms with Crippen LogP contribution in [0.1, 0.15) is 21.2 Å². The van der Waals surface area contributed by atoms with Crippen molar-refractivity contribution < 1.29 is 4.79 Å². The Balaban J connectivity index is 1.94. The molecule has 0 aliphatic heterocycles. The van der Waals surface area contributed by atoms with Crippen molar-refractivity contribution >= 4 is 17.4 Å². The maximum absolute atomic E-state index is 11.6. The van der Waals surface area contributed by atoms with Gasteiger partial charge in [-0.1, -0.05) is 6.07 Å². The fourth-order valence-electron chi connectivity index (χ4n) is 1.15. The molecule has 5 nitrogen and oxygen atoms in total. The zero-order valence-electron chi connectivity index (χ0n) is 8.67. The molecule has 0 aliphatic rings. The van der Waals surface area contributed by atoms with Gasteiger partial charge in [-0.15, -0.1) is 0 Å². The normalized spacial score (nSPS) is 10.1. The van der Waals surface area contributed by atoms with Gasteiger partial charge in [0.2, 0.25) is 5.01 Å². The molecule has 0 aromatic carbocycles. The van der Waals surface area contributed by atoms with Gasteiger partial charge in [-0.25, -0.2) is 4.98 Å². The lowest BCUT2D eigenvalue weighted by atomic mass is 10.3. The number of amides is 1. The Morgan fingerprint density at radius 3 is 3.06 bits per heavy atom. The predicted molar refractivity (Wildman–Crippen MR) is 60.1 cm³/mol. The van der Waals surface area contributed by atoms with Gasteiger partial charge >= 0.3 is 0 Å². The van der Waals surface area contributed by atoms with Crippen molar-refractivity contribution in [3.63, 3.8) is 0 Å². The van der Waals surface area contributed by atoms with Gasteiger partial charge in [-0.05, 0) is 30.1 Å². The summed E-state index contributed by atoms with van der Waals surface area (Å²) in [5.41, 5.74) is 0.956. The molecule has 0 unspecified atom stereocenters. The molecule has 0 bridgehead atoms. The molecule has 0 radical (unpaired) electrons. The van der Waals surface area contributed by atoms with Crippen molar-refractivity contribution in [3.05, 3.63) is 40.9 Å². The molecule has 6 heteroatoms. The smallest absolute Gasteiger partial charge is 0.282 e. The first kappa shape index (κ1) is 10.7. The summed E-state index contributed by atoms with van der Waals surface area (Å²) in [5, 5.41) is 3.15. The van der Waals surface area contributed by atoms with Crippen molar-refractivity contribution in [3.8, 4) is 0 Å². The monoisotopic (exact) mass is 234 g/mol. The summed E-state index contributed by atoms with van der Waals surface area (Å²) in [6.07, 6.45) is 3.41. The molecular weight excluding hydrogens is 224 g/mol. The Kier molecular flexibility index (Phi) is 3.21. The number of rotatable bonds is 3. The highest BCUT2D eigenvalue weighted by Gasteiger charge is 2.10. The number of carbonyl (C=O) groups is 1. The third kappa shape index (κ3) is 2.60. The number of carbonyl (C=O) groups excluding carboxylic acids is 1. The standard InChI is InChI=1S/C10H10N4OS/c1-7-13-10(16-14-7)9(15)12-6-8-3-2-4-11-5-8/h2-5H,6H2,1H3,(H,12,15). The van der Waals surface area contributed by atoms with E-state index in [0.29, 0.717) is 17.4 Å². The molecule has 2 aromatic rings. The topological polar surface area (TPSA) is 67.8 Å². The van der Waals surface area contributed by atoms with E-state index in [1.807, 2.05) is 12.1 Å². The number of pyridine rings is 1. The number of nitrogens with zero attached hydrogens (tertiary/aromatic N) is 3. The first-order chi connectivity index (χ1) is 7.75. The van der Waals surface area contributed by atoms with Crippen LogP contribution in [0.5, 0.6) is 0 Å². The molecule has 1 amide bonds. The Hall–Kier alpha value is -1.82. The van der Waals surface area contributed by atoms with E-state index in [1.54, 1.807) is 19.3 Å². The van der Waals surface area contributed by atoms with Gasteiger partial charge in [0.1, 0.15) is 5.82 Å². The third-order valence-electron chi connectivity index (χ3n) is 1.90. The average molecular weight is 234 g/mol. The molecule has 2 rings (SSSR count). The van der Waals surface area contributed by atoms with Crippen molar-refractivity contribution in [2.75, 3.05) is 0 Å². The van der Waals surface area contributed by atoms with Gasteiger partial charge in [0.15, 0.2) is 0 Å². The molecule has 1 N–H and O–H groups in total. The zero-order chi connectivity index (χ0) is 11.4. The van der Waals surface area contributed by atoms with Crippen LogP contribution < -0.4 is 5.32 Å². The Bertz CT molecular complexity index is 483. The molecule has 0 saturated heterocycles. The fraction of sp³-hybridized carbons (Fsp3) is 0.200. The number of hydrogen-bond acceptors (Lipinski definition) is 5. The summed E-state index contributed by atoms with van der Waals surface area (Å²) in [6, 6.07) is 3.73. The van der Waals surface area contributed by atoms with Crippen LogP contribution in [0, 0.1) is 6.92 Å². The molecule has 0 atom stereocenters. The van der Waals surface area contributed by atoms with Gasteiger partial charge in [-0.3, -0.25) is 9.78 Å². The fourth-order valence-corrected chi connectivity index (χ4v) is 1.74. The van der Waals surface area contributed by atoms with Crippen molar-refractivity contribution in [1.82, 2.24) is 19.7 Å². The van der Waals surface area contributed by atoms with Crippen molar-refractivity contribution in [2.24, 2.45) is 0 Å². The molecule has 0 fully saturated rings. The predicted octanol–water partition coefficient (Wildman–Crippen LogP) is 1.17. The molecular formula is C10H10N4OS. The second kappa shape index (κ2) is 4.80. The molecule has 2 aromatic heterocycles. The maximum Gasteiger partial charge on any atom is 0.282 e. The van der Waals surface area contributed by atoms with Gasteiger partial charge < -0.3 is 5.32 Å². The van der Waals surface area contributed by atoms with E-state index in [4.69, 9.17) is 0 Å². The van der Waals surface area contributed by atoms with Crippen LogP contribution in [-0.4, -0.2) is 20.2 Å². The maximum atomic E-state index is 11.6. The van der Waals surface area contributed by atoms with Crippen LogP contribution in [0.3, 0.4) is 0 Å². The minimum absolute atomic E-state index is 0.200. The summed E-state index contributed by atoms with van der Waals surface area (Å²) >= 11 is 1.10. The van der Waals surface area contributed by atoms with E-state index in [9.17, 15) is 4.79 Å². The van der Waals surface area contributed by atoms with E-state index < -0.39 is 0 Å². The lowest BCUT2D eigenvalue weighted by Gasteiger charge is -2.01. The highest BCUT2D eigenvalue weighted by atomic mass is 32.1. The Morgan fingerprint density at radius 1 is 1.56 bits per heavy atom. The quantitative estimate of drug-likeness (QED) is 0.865. The van der Waals surface area contributed by atoms with E-state index in [1.165, 1.54) is 0 Å². The number of aryl methyl sites for hydroxylation is 1. The number of hydrogen-bond donors (Lipinski definition) is 1. The molecule has 2 heterocycles. The van der Waals surface area contributed by atoms with Crippen LogP contribution in [0.25, 0.3) is 0 Å². The molecule has 0 aliphatic carbocycles. The Morgan fingerprint density at radius 2 is 2.44 bits per heavy atom. The van der Waals surface area contributed by atoms with Crippen LogP contribution in [0.4, 0.5) is 0 Å².